The number of ether oxygens (including phenoxy) is 5. The summed E-state index contributed by atoms with van der Waals surface area (Å²) < 4.78 is 33.7. The number of nitrogens with zero attached hydrogens (tertiary/aromatic N) is 6. The highest BCUT2D eigenvalue weighted by Gasteiger charge is 2.62. The highest BCUT2D eigenvalue weighted by molar-refractivity contribution is 7.10. The van der Waals surface area contributed by atoms with Crippen LogP contribution in [0.3, 0.4) is 0 Å². The molecule has 5 fully saturated rings. The summed E-state index contributed by atoms with van der Waals surface area (Å²) in [7, 11) is 3.88. The van der Waals surface area contributed by atoms with Gasteiger partial charge in [-0.3, -0.25) is 24.4 Å². The van der Waals surface area contributed by atoms with Gasteiger partial charge in [0.25, 0.3) is 11.8 Å². The van der Waals surface area contributed by atoms with E-state index >= 15 is 0 Å². The van der Waals surface area contributed by atoms with Crippen molar-refractivity contribution in [2.45, 2.75) is 136 Å². The van der Waals surface area contributed by atoms with E-state index < -0.39 is 41.1 Å². The van der Waals surface area contributed by atoms with E-state index in [1.165, 1.54) is 16.3 Å². The number of pyridine rings is 1. The molecule has 8 bridgehead atoms. The van der Waals surface area contributed by atoms with Crippen LogP contribution in [0.1, 0.15) is 109 Å². The number of nitrogens with one attached hydrogen (secondary N) is 2. The molecule has 1 aliphatic carbocycles. The summed E-state index contributed by atoms with van der Waals surface area (Å²) in [5.74, 6) is -0.847. The van der Waals surface area contributed by atoms with Gasteiger partial charge in [0.1, 0.15) is 28.8 Å². The quantitative estimate of drug-likeness (QED) is 0.134. The van der Waals surface area contributed by atoms with Gasteiger partial charge in [0.15, 0.2) is 0 Å². The zero-order valence-corrected chi connectivity index (χ0v) is 42.8. The molecule has 0 radical (unpaired) electrons. The molecule has 10 rings (SSSR count). The van der Waals surface area contributed by atoms with Crippen LogP contribution >= 0.6 is 11.3 Å². The molecule has 0 spiro atoms. The van der Waals surface area contributed by atoms with Crippen molar-refractivity contribution in [3.8, 4) is 22.5 Å². The number of cyclic esters (lactones) is 1. The van der Waals surface area contributed by atoms with Gasteiger partial charge >= 0.3 is 5.97 Å². The number of fused-ring (bicyclic) bond motifs is 7. The number of hydrazine groups is 1. The summed E-state index contributed by atoms with van der Waals surface area (Å²) >= 11 is 1.40. The fourth-order valence-electron chi connectivity index (χ4n) is 11.0. The number of amides is 2. The van der Waals surface area contributed by atoms with Gasteiger partial charge in [-0.2, -0.15) is 0 Å². The lowest BCUT2D eigenvalue weighted by molar-refractivity contribution is -0.159. The topological polar surface area (TPSA) is 162 Å². The third-order valence-electron chi connectivity index (χ3n) is 14.9. The Morgan fingerprint density at radius 2 is 1.86 bits per heavy atom. The number of thiazole rings is 1. The molecular weight excluding hydrogens is 897 g/mol. The van der Waals surface area contributed by atoms with Crippen molar-refractivity contribution in [2.75, 3.05) is 71.6 Å². The average molecular weight is 969 g/mol. The Morgan fingerprint density at radius 3 is 2.57 bits per heavy atom. The lowest BCUT2D eigenvalue weighted by Crippen LogP contribution is -2.63. The van der Waals surface area contributed by atoms with Crippen LogP contribution in [-0.2, 0) is 51.0 Å². The van der Waals surface area contributed by atoms with Crippen LogP contribution < -0.4 is 15.6 Å². The van der Waals surface area contributed by atoms with Gasteiger partial charge in [0, 0.05) is 85.8 Å². The van der Waals surface area contributed by atoms with E-state index in [0.29, 0.717) is 62.7 Å². The van der Waals surface area contributed by atoms with Gasteiger partial charge in [0.2, 0.25) is 0 Å². The molecule has 8 heterocycles. The monoisotopic (exact) mass is 969 g/mol. The number of aromatic nitrogens is 3. The molecule has 1 saturated carbocycles. The SMILES string of the molecule is CCO[C@@H]1c2nc(cs2)-c2ccc3c(c2)c(c(-c2cc(N4CCN(C)CC4)cnc2[C@H](C)OC)n3CCOC(C)C)CC(C)(C)COC(=O)[C@@H]2CCCN(N2)C(=O)[C@H]1NC(=O)C12CC(C1)C(CC)O2. The first-order valence-electron chi connectivity index (χ1n) is 25.2. The first-order chi connectivity index (χ1) is 33.1. The number of benzene rings is 1. The molecule has 6 aliphatic rings. The highest BCUT2D eigenvalue weighted by atomic mass is 32.1. The maximum atomic E-state index is 14.9. The number of esters is 1. The smallest absolute Gasteiger partial charge is 0.324 e. The van der Waals surface area contributed by atoms with Gasteiger partial charge in [-0.05, 0) is 103 Å². The van der Waals surface area contributed by atoms with E-state index in [1.807, 2.05) is 25.4 Å². The van der Waals surface area contributed by atoms with Crippen LogP contribution in [0.2, 0.25) is 0 Å². The number of carbonyl (C=O) groups is 3. The normalized spacial score (nSPS) is 26.8. The zero-order chi connectivity index (χ0) is 48.8. The van der Waals surface area contributed by atoms with E-state index in [9.17, 15) is 14.4 Å². The van der Waals surface area contributed by atoms with Crippen LogP contribution in [0.25, 0.3) is 33.4 Å². The van der Waals surface area contributed by atoms with Crippen LogP contribution in [-0.4, -0.2) is 139 Å². The summed E-state index contributed by atoms with van der Waals surface area (Å²) in [6.07, 6.45) is 4.46. The van der Waals surface area contributed by atoms with Crippen molar-refractivity contribution in [1.82, 2.24) is 35.2 Å². The van der Waals surface area contributed by atoms with E-state index in [2.05, 4.69) is 91.0 Å². The molecule has 5 aliphatic heterocycles. The summed E-state index contributed by atoms with van der Waals surface area (Å²) in [4.78, 5) is 58.6. The standard InChI is InChI=1S/C52H72N8O8S/c1-10-42-34-25-52(26-34,68-42)50(63)55-44-46(65-11-2)47-54-40(29-69-47)33-14-15-41-36(23-33)38(27-51(6,7)30-67-49(62)39-13-12-16-60(56-39)48(44)61)45(59(41)21-22-66-31(3)4)37-24-35(28-53-43(37)32(5)64-9)58-19-17-57(8)18-20-58/h14-15,23-24,28-29,31-32,34,39,42,44,46,56H,10-13,16-22,25-27,30H2,1-9H3,(H,55,63)/t32-,34?,39-,42?,44-,46-,52?/m0/s1. The minimum atomic E-state index is -1.16. The number of carbonyl (C=O) groups excluding carboxylic acids is 3. The van der Waals surface area contributed by atoms with Crippen LogP contribution in [0.15, 0.2) is 35.8 Å². The van der Waals surface area contributed by atoms with Crippen LogP contribution in [0.4, 0.5) is 5.69 Å². The Balaban J connectivity index is 1.20. The van der Waals surface area contributed by atoms with E-state index in [4.69, 9.17) is 33.7 Å². The van der Waals surface area contributed by atoms with Gasteiger partial charge in [-0.25, -0.2) is 10.4 Å². The number of rotatable bonds is 13. The van der Waals surface area contributed by atoms with Crippen LogP contribution in [0, 0.1) is 11.3 Å². The predicted molar refractivity (Wildman–Crippen MR) is 266 cm³/mol. The second-order valence-electron chi connectivity index (χ2n) is 20.8. The van der Waals surface area contributed by atoms with Crippen molar-refractivity contribution in [2.24, 2.45) is 11.3 Å². The van der Waals surface area contributed by atoms with Gasteiger partial charge in [-0.1, -0.05) is 26.8 Å². The number of hydrogen-bond acceptors (Lipinski definition) is 14. The van der Waals surface area contributed by atoms with Crippen molar-refractivity contribution < 1.29 is 38.1 Å². The van der Waals surface area contributed by atoms with Crippen molar-refractivity contribution in [1.29, 1.82) is 0 Å². The molecule has 5 atom stereocenters. The Bertz CT molecular complexity index is 2510. The highest BCUT2D eigenvalue weighted by Crippen LogP contribution is 2.53. The van der Waals surface area contributed by atoms with Gasteiger partial charge in [-0.15, -0.1) is 11.3 Å². The molecule has 1 unspecified atom stereocenters. The van der Waals surface area contributed by atoms with E-state index in [0.717, 1.165) is 83.0 Å². The molecule has 374 valence electrons. The fourth-order valence-corrected chi connectivity index (χ4v) is 11.9. The molecule has 3 aromatic heterocycles. The maximum Gasteiger partial charge on any atom is 0.324 e. The Morgan fingerprint density at radius 1 is 1.07 bits per heavy atom. The molecular formula is C52H72N8O8S. The molecule has 16 nitrogen and oxygen atoms in total. The number of hydrogen-bond donors (Lipinski definition) is 2. The lowest BCUT2D eigenvalue weighted by Gasteiger charge is -2.39. The fraction of sp³-hybridized carbons (Fsp3) is 0.635. The first kappa shape index (κ1) is 49.5. The van der Waals surface area contributed by atoms with Crippen LogP contribution in [0.5, 0.6) is 0 Å². The third-order valence-corrected chi connectivity index (χ3v) is 15.8. The van der Waals surface area contributed by atoms with Crippen molar-refractivity contribution in [3.63, 3.8) is 0 Å². The number of piperazine rings is 1. The van der Waals surface area contributed by atoms with Gasteiger partial charge in [0.05, 0.1) is 60.5 Å². The molecule has 69 heavy (non-hydrogen) atoms. The third kappa shape index (κ3) is 9.94. The Kier molecular flexibility index (Phi) is 14.6. The van der Waals surface area contributed by atoms with E-state index in [1.54, 1.807) is 7.11 Å². The Hall–Kier alpha value is -4.49. The number of methoxy groups -OCH3 is 1. The lowest BCUT2D eigenvalue weighted by atomic mass is 9.71. The first-order valence-corrected chi connectivity index (χ1v) is 26.0. The minimum absolute atomic E-state index is 0.0144. The average Bonchev–Trinajstić information content (AvgIpc) is 4.13. The molecule has 4 saturated heterocycles. The summed E-state index contributed by atoms with van der Waals surface area (Å²) in [5, 5.41) is 8.17. The summed E-state index contributed by atoms with van der Waals surface area (Å²) in [6, 6.07) is 6.83. The molecule has 2 N–H and O–H groups in total. The minimum Gasteiger partial charge on any atom is -0.464 e. The predicted octanol–water partition coefficient (Wildman–Crippen LogP) is 6.85. The molecule has 17 heteroatoms. The second-order valence-corrected chi connectivity index (χ2v) is 21.7. The zero-order valence-electron chi connectivity index (χ0n) is 42.0. The van der Waals surface area contributed by atoms with Crippen molar-refractivity contribution in [3.05, 3.63) is 52.1 Å². The maximum absolute atomic E-state index is 14.9. The number of anilines is 1. The molecule has 2 amide bonds. The summed E-state index contributed by atoms with van der Waals surface area (Å²) in [6.45, 7) is 19.8. The van der Waals surface area contributed by atoms with Gasteiger partial charge < -0.3 is 43.4 Å². The molecule has 4 aromatic rings. The summed E-state index contributed by atoms with van der Waals surface area (Å²) in [5.41, 5.74) is 9.31. The van der Waals surface area contributed by atoms with E-state index in [-0.39, 0.29) is 37.4 Å². The molecule has 1 aromatic carbocycles. The Labute approximate surface area is 410 Å². The second kappa shape index (κ2) is 20.3. The number of likely N-dealkylation sites (N-methyl/N-ethyl adjacent to an activating group) is 1. The largest absolute Gasteiger partial charge is 0.464 e. The van der Waals surface area contributed by atoms with Crippen molar-refractivity contribution >= 4 is 45.7 Å².